The maximum Gasteiger partial charge on any atom is 0.0821 e. The lowest BCUT2D eigenvalue weighted by Gasteiger charge is -2.35. The van der Waals surface area contributed by atoms with Crippen molar-refractivity contribution in [2.24, 2.45) is 5.92 Å². The van der Waals surface area contributed by atoms with Crippen molar-refractivity contribution in [1.82, 2.24) is 4.98 Å². The monoisotopic (exact) mass is 277 g/mol. The van der Waals surface area contributed by atoms with Crippen LogP contribution in [-0.2, 0) is 0 Å². The molecule has 0 aromatic carbocycles. The molecule has 0 amide bonds. The molecule has 1 fully saturated rings. The van der Waals surface area contributed by atoms with E-state index in [0.29, 0.717) is 12.5 Å². The molecule has 1 aliphatic carbocycles. The Hall–Kier alpha value is -1.29. The van der Waals surface area contributed by atoms with Gasteiger partial charge in [-0.2, -0.15) is 0 Å². The predicted octanol–water partition coefficient (Wildman–Crippen LogP) is 3.26. The van der Waals surface area contributed by atoms with Crippen LogP contribution in [0.1, 0.15) is 46.0 Å². The summed E-state index contributed by atoms with van der Waals surface area (Å²) in [6, 6.07) is 2.05. The summed E-state index contributed by atoms with van der Waals surface area (Å²) in [5, 5.41) is 17.3. The normalized spacial score (nSPS) is 26.2. The van der Waals surface area contributed by atoms with Crippen molar-refractivity contribution in [2.75, 3.05) is 23.7 Å². The number of aromatic nitrogens is 1. The van der Waals surface area contributed by atoms with Gasteiger partial charge in [-0.05, 0) is 31.2 Å². The number of aliphatic hydroxyl groups is 1. The molecule has 20 heavy (non-hydrogen) atoms. The fraction of sp³-hybridized carbons (Fsp3) is 0.688. The molecule has 0 spiro atoms. The van der Waals surface area contributed by atoms with Gasteiger partial charge in [-0.25, -0.2) is 0 Å². The highest BCUT2D eigenvalue weighted by molar-refractivity contribution is 5.54. The van der Waals surface area contributed by atoms with E-state index in [4.69, 9.17) is 0 Å². The third kappa shape index (κ3) is 4.37. The van der Waals surface area contributed by atoms with E-state index in [-0.39, 0.29) is 0 Å². The van der Waals surface area contributed by atoms with Gasteiger partial charge in [0, 0.05) is 13.1 Å². The van der Waals surface area contributed by atoms with Crippen molar-refractivity contribution in [2.45, 2.75) is 51.6 Å². The summed E-state index contributed by atoms with van der Waals surface area (Å²) in [5.74, 6) is 0.617. The third-order valence-corrected chi connectivity index (χ3v) is 4.01. The van der Waals surface area contributed by atoms with E-state index in [1.54, 1.807) is 0 Å². The van der Waals surface area contributed by atoms with Gasteiger partial charge in [0.15, 0.2) is 0 Å². The van der Waals surface area contributed by atoms with Gasteiger partial charge >= 0.3 is 0 Å². The Morgan fingerprint density at radius 3 is 2.80 bits per heavy atom. The molecule has 0 bridgehead atoms. The number of hydrogen-bond acceptors (Lipinski definition) is 4. The highest BCUT2D eigenvalue weighted by Crippen LogP contribution is 2.32. The van der Waals surface area contributed by atoms with Gasteiger partial charge in [0.25, 0.3) is 0 Å². The van der Waals surface area contributed by atoms with Gasteiger partial charge in [0.1, 0.15) is 0 Å². The fourth-order valence-electron chi connectivity index (χ4n) is 2.96. The van der Waals surface area contributed by atoms with Crippen LogP contribution in [0, 0.1) is 5.92 Å². The van der Waals surface area contributed by atoms with Gasteiger partial charge in [-0.1, -0.05) is 26.7 Å². The zero-order valence-corrected chi connectivity index (χ0v) is 12.7. The van der Waals surface area contributed by atoms with Crippen molar-refractivity contribution in [3.63, 3.8) is 0 Å². The number of anilines is 2. The molecule has 2 rings (SSSR count). The van der Waals surface area contributed by atoms with Crippen molar-refractivity contribution in [3.8, 4) is 0 Å². The van der Waals surface area contributed by atoms with Gasteiger partial charge in [-0.3, -0.25) is 4.98 Å². The van der Waals surface area contributed by atoms with E-state index in [9.17, 15) is 5.11 Å². The van der Waals surface area contributed by atoms with Crippen LogP contribution in [0.2, 0.25) is 0 Å². The Morgan fingerprint density at radius 1 is 1.35 bits per heavy atom. The minimum atomic E-state index is -0.565. The van der Waals surface area contributed by atoms with E-state index in [0.717, 1.165) is 43.6 Å². The number of pyridine rings is 1. The molecule has 4 nitrogen and oxygen atoms in total. The second-order valence-electron chi connectivity index (χ2n) is 6.17. The lowest BCUT2D eigenvalue weighted by atomic mass is 9.79. The van der Waals surface area contributed by atoms with Crippen LogP contribution < -0.4 is 10.6 Å². The highest BCUT2D eigenvalue weighted by Gasteiger charge is 2.32. The first-order valence-electron chi connectivity index (χ1n) is 7.76. The second-order valence-corrected chi connectivity index (χ2v) is 6.17. The molecule has 1 heterocycles. The van der Waals surface area contributed by atoms with Crippen LogP contribution in [0.4, 0.5) is 11.4 Å². The van der Waals surface area contributed by atoms with E-state index >= 15 is 0 Å². The summed E-state index contributed by atoms with van der Waals surface area (Å²) in [6.45, 7) is 5.92. The molecular formula is C16H27N3O. The Bertz CT molecular complexity index is 424. The summed E-state index contributed by atoms with van der Waals surface area (Å²) >= 11 is 0. The molecule has 1 saturated carbocycles. The van der Waals surface area contributed by atoms with Gasteiger partial charge in [0.05, 0.1) is 29.4 Å². The van der Waals surface area contributed by atoms with Gasteiger partial charge < -0.3 is 15.7 Å². The molecule has 2 unspecified atom stereocenters. The first kappa shape index (κ1) is 15.1. The van der Waals surface area contributed by atoms with Gasteiger partial charge in [-0.15, -0.1) is 0 Å². The van der Waals surface area contributed by atoms with E-state index in [2.05, 4.69) is 35.5 Å². The molecule has 1 aliphatic rings. The highest BCUT2D eigenvalue weighted by atomic mass is 16.3. The maximum absolute atomic E-state index is 10.6. The Kier molecular flexibility index (Phi) is 5.24. The van der Waals surface area contributed by atoms with Crippen LogP contribution in [0.15, 0.2) is 18.5 Å². The number of rotatable bonds is 6. The minimum Gasteiger partial charge on any atom is -0.388 e. The second kappa shape index (κ2) is 6.93. The molecule has 0 radical (unpaired) electrons. The molecule has 4 heteroatoms. The van der Waals surface area contributed by atoms with Crippen LogP contribution in [0.5, 0.6) is 0 Å². The number of nitrogens with zero attached hydrogens (tertiary/aromatic N) is 1. The van der Waals surface area contributed by atoms with E-state index < -0.39 is 5.60 Å². The summed E-state index contributed by atoms with van der Waals surface area (Å²) < 4.78 is 0. The van der Waals surface area contributed by atoms with Crippen LogP contribution in [0.25, 0.3) is 0 Å². The topological polar surface area (TPSA) is 57.2 Å². The summed E-state index contributed by atoms with van der Waals surface area (Å²) in [7, 11) is 0. The molecule has 2 atom stereocenters. The van der Waals surface area contributed by atoms with Crippen LogP contribution in [0.3, 0.4) is 0 Å². The fourth-order valence-corrected chi connectivity index (χ4v) is 2.96. The smallest absolute Gasteiger partial charge is 0.0821 e. The van der Waals surface area contributed by atoms with Crippen molar-refractivity contribution >= 4 is 11.4 Å². The lowest BCUT2D eigenvalue weighted by Crippen LogP contribution is -2.41. The van der Waals surface area contributed by atoms with Crippen molar-refractivity contribution < 1.29 is 5.11 Å². The third-order valence-electron chi connectivity index (χ3n) is 4.01. The zero-order chi connectivity index (χ0) is 14.4. The quantitative estimate of drug-likeness (QED) is 0.747. The first-order valence-corrected chi connectivity index (χ1v) is 7.76. The summed E-state index contributed by atoms with van der Waals surface area (Å²) in [6.07, 6.45) is 8.88. The largest absolute Gasteiger partial charge is 0.388 e. The van der Waals surface area contributed by atoms with Crippen molar-refractivity contribution in [1.29, 1.82) is 0 Å². The minimum absolute atomic E-state index is 0.565. The lowest BCUT2D eigenvalue weighted by molar-refractivity contribution is -0.000764. The maximum atomic E-state index is 10.6. The Labute approximate surface area is 122 Å². The predicted molar refractivity (Wildman–Crippen MR) is 84.1 cm³/mol. The van der Waals surface area contributed by atoms with E-state index in [1.165, 1.54) is 6.42 Å². The van der Waals surface area contributed by atoms with E-state index in [1.807, 2.05) is 12.4 Å². The molecule has 1 aromatic rings. The van der Waals surface area contributed by atoms with Crippen LogP contribution >= 0.6 is 0 Å². The van der Waals surface area contributed by atoms with Gasteiger partial charge in [0.2, 0.25) is 0 Å². The molecule has 3 N–H and O–H groups in total. The number of nitrogens with one attached hydrogen (secondary N) is 2. The molecule has 1 aromatic heterocycles. The standard InChI is InChI=1S/C16H27N3O/c1-3-7-18-14-8-15(11-17-10-14)19-12-16(20)6-4-5-13(2)9-16/h8,10-11,13,18-20H,3-7,9,12H2,1-2H3. The number of hydrogen-bond donors (Lipinski definition) is 3. The molecule has 0 aliphatic heterocycles. The summed E-state index contributed by atoms with van der Waals surface area (Å²) in [4.78, 5) is 4.23. The molecule has 112 valence electrons. The molecule has 0 saturated heterocycles. The summed E-state index contributed by atoms with van der Waals surface area (Å²) in [5.41, 5.74) is 1.43. The van der Waals surface area contributed by atoms with Crippen molar-refractivity contribution in [3.05, 3.63) is 18.5 Å². The first-order chi connectivity index (χ1) is 9.61. The SMILES string of the molecule is CCCNc1cncc(NCC2(O)CCCC(C)C2)c1. The zero-order valence-electron chi connectivity index (χ0n) is 12.7. The average molecular weight is 277 g/mol. The average Bonchev–Trinajstić information content (AvgIpc) is 2.43. The molecular weight excluding hydrogens is 250 g/mol. The Balaban J connectivity index is 1.89. The Morgan fingerprint density at radius 2 is 2.10 bits per heavy atom. The van der Waals surface area contributed by atoms with Crippen LogP contribution in [-0.4, -0.2) is 28.8 Å².